The maximum atomic E-state index is 11.9. The molecule has 17 heavy (non-hydrogen) atoms. The van der Waals surface area contributed by atoms with E-state index in [-0.39, 0.29) is 12.5 Å². The zero-order valence-corrected chi connectivity index (χ0v) is 9.80. The molecule has 0 spiro atoms. The summed E-state index contributed by atoms with van der Waals surface area (Å²) in [6, 6.07) is 4.06. The Morgan fingerprint density at radius 3 is 3.00 bits per heavy atom. The number of hydrogen-bond acceptors (Lipinski definition) is 4. The lowest BCUT2D eigenvalue weighted by Gasteiger charge is -2.21. The van der Waals surface area contributed by atoms with Crippen LogP contribution in [0.25, 0.3) is 0 Å². The molecule has 1 aromatic heterocycles. The van der Waals surface area contributed by atoms with Gasteiger partial charge in [-0.05, 0) is 25.0 Å². The fraction of sp³-hybridized carbons (Fsp3) is 0.583. The van der Waals surface area contributed by atoms with Crippen LogP contribution >= 0.6 is 0 Å². The molecule has 2 rings (SSSR count). The molecule has 5 nitrogen and oxygen atoms in total. The summed E-state index contributed by atoms with van der Waals surface area (Å²) in [4.78, 5) is 13.8. The predicted octanol–water partition coefficient (Wildman–Crippen LogP) is 0.746. The number of carbonyl (C=O) groups excluding carboxylic acids is 1. The van der Waals surface area contributed by atoms with Gasteiger partial charge in [-0.15, -0.1) is 0 Å². The second-order valence-electron chi connectivity index (χ2n) is 4.17. The van der Waals surface area contributed by atoms with E-state index in [1.54, 1.807) is 6.26 Å². The van der Waals surface area contributed by atoms with Gasteiger partial charge in [0, 0.05) is 12.6 Å². The van der Waals surface area contributed by atoms with Gasteiger partial charge in [-0.25, -0.2) is 0 Å². The van der Waals surface area contributed by atoms with Crippen molar-refractivity contribution in [2.24, 2.45) is 5.73 Å². The second-order valence-corrected chi connectivity index (χ2v) is 4.17. The van der Waals surface area contributed by atoms with Crippen molar-refractivity contribution in [1.82, 2.24) is 4.90 Å². The topological polar surface area (TPSA) is 68.7 Å². The van der Waals surface area contributed by atoms with Crippen LogP contribution in [0.15, 0.2) is 22.8 Å². The molecule has 1 amide bonds. The molecule has 0 bridgehead atoms. The van der Waals surface area contributed by atoms with Gasteiger partial charge in [0.1, 0.15) is 12.4 Å². The van der Waals surface area contributed by atoms with Crippen molar-refractivity contribution in [3.05, 3.63) is 24.2 Å². The van der Waals surface area contributed by atoms with Gasteiger partial charge in [-0.3, -0.25) is 4.79 Å². The minimum absolute atomic E-state index is 0.0114. The normalized spacial score (nSPS) is 14.9. The highest BCUT2D eigenvalue weighted by molar-refractivity contribution is 5.78. The van der Waals surface area contributed by atoms with E-state index >= 15 is 0 Å². The van der Waals surface area contributed by atoms with Crippen molar-refractivity contribution >= 4 is 5.91 Å². The highest BCUT2D eigenvalue weighted by atomic mass is 16.5. The molecule has 1 aliphatic carbocycles. The molecule has 0 radical (unpaired) electrons. The molecule has 94 valence electrons. The van der Waals surface area contributed by atoms with Crippen molar-refractivity contribution in [3.63, 3.8) is 0 Å². The lowest BCUT2D eigenvalue weighted by atomic mass is 10.3. The number of carbonyl (C=O) groups is 1. The second kappa shape index (κ2) is 5.84. The Bertz CT molecular complexity index is 347. The van der Waals surface area contributed by atoms with Gasteiger partial charge in [-0.1, -0.05) is 0 Å². The largest absolute Gasteiger partial charge is 0.467 e. The van der Waals surface area contributed by atoms with Crippen LogP contribution in [0.3, 0.4) is 0 Å². The summed E-state index contributed by atoms with van der Waals surface area (Å²) in [5.41, 5.74) is 5.31. The molecule has 5 heteroatoms. The van der Waals surface area contributed by atoms with E-state index in [1.807, 2.05) is 17.0 Å². The number of rotatable bonds is 7. The standard InChI is InChI=1S/C12H18N2O3/c13-5-7-16-9-12(15)14(10-3-4-10)8-11-2-1-6-17-11/h1-2,6,10H,3-5,7-9,13H2. The van der Waals surface area contributed by atoms with Crippen LogP contribution in [0.4, 0.5) is 0 Å². The zero-order valence-electron chi connectivity index (χ0n) is 9.80. The number of nitrogens with zero attached hydrogens (tertiary/aromatic N) is 1. The van der Waals surface area contributed by atoms with Gasteiger partial charge in [0.25, 0.3) is 0 Å². The average molecular weight is 238 g/mol. The first-order valence-corrected chi connectivity index (χ1v) is 5.91. The van der Waals surface area contributed by atoms with E-state index in [0.29, 0.717) is 25.7 Å². The Labute approximate surface area is 101 Å². The van der Waals surface area contributed by atoms with E-state index in [1.165, 1.54) is 0 Å². The average Bonchev–Trinajstić information content (AvgIpc) is 3.03. The van der Waals surface area contributed by atoms with Gasteiger partial charge in [0.05, 0.1) is 19.4 Å². The molecule has 0 aromatic carbocycles. The van der Waals surface area contributed by atoms with Gasteiger partial charge >= 0.3 is 0 Å². The van der Waals surface area contributed by atoms with Crippen LogP contribution in [0, 0.1) is 0 Å². The Morgan fingerprint density at radius 2 is 2.41 bits per heavy atom. The summed E-state index contributed by atoms with van der Waals surface area (Å²) in [7, 11) is 0. The van der Waals surface area contributed by atoms with Crippen LogP contribution < -0.4 is 5.73 Å². The quantitative estimate of drug-likeness (QED) is 0.712. The summed E-state index contributed by atoms with van der Waals surface area (Å²) in [6.07, 6.45) is 3.77. The monoisotopic (exact) mass is 238 g/mol. The molecule has 1 heterocycles. The van der Waals surface area contributed by atoms with E-state index < -0.39 is 0 Å². The number of hydrogen-bond donors (Lipinski definition) is 1. The first kappa shape index (κ1) is 12.1. The fourth-order valence-corrected chi connectivity index (χ4v) is 1.70. The molecule has 1 saturated carbocycles. The van der Waals surface area contributed by atoms with Crippen LogP contribution in [-0.2, 0) is 16.1 Å². The minimum atomic E-state index is 0.0114. The third-order valence-corrected chi connectivity index (χ3v) is 2.70. The zero-order chi connectivity index (χ0) is 12.1. The molecular weight excluding hydrogens is 220 g/mol. The van der Waals surface area contributed by atoms with Gasteiger partial charge in [0.2, 0.25) is 5.91 Å². The Morgan fingerprint density at radius 1 is 1.59 bits per heavy atom. The molecule has 1 fully saturated rings. The van der Waals surface area contributed by atoms with E-state index in [2.05, 4.69) is 0 Å². The van der Waals surface area contributed by atoms with E-state index in [4.69, 9.17) is 14.9 Å². The van der Waals surface area contributed by atoms with Crippen LogP contribution in [0.2, 0.25) is 0 Å². The first-order valence-electron chi connectivity index (χ1n) is 5.91. The Kier molecular flexibility index (Phi) is 4.17. The molecule has 0 atom stereocenters. The van der Waals surface area contributed by atoms with Crippen LogP contribution in [0.5, 0.6) is 0 Å². The summed E-state index contributed by atoms with van der Waals surface area (Å²) < 4.78 is 10.4. The molecule has 0 unspecified atom stereocenters. The third kappa shape index (κ3) is 3.57. The van der Waals surface area contributed by atoms with Crippen molar-refractivity contribution in [3.8, 4) is 0 Å². The lowest BCUT2D eigenvalue weighted by Crippen LogP contribution is -2.35. The van der Waals surface area contributed by atoms with Gasteiger partial charge < -0.3 is 19.8 Å². The summed E-state index contributed by atoms with van der Waals surface area (Å²) >= 11 is 0. The maximum absolute atomic E-state index is 11.9. The number of ether oxygens (including phenoxy) is 1. The predicted molar refractivity (Wildman–Crippen MR) is 62.2 cm³/mol. The SMILES string of the molecule is NCCOCC(=O)N(Cc1ccco1)C1CC1. The maximum Gasteiger partial charge on any atom is 0.249 e. The number of furan rings is 1. The summed E-state index contributed by atoms with van der Waals surface area (Å²) in [6.45, 7) is 1.50. The van der Waals surface area contributed by atoms with Gasteiger partial charge in [0.15, 0.2) is 0 Å². The molecular formula is C12H18N2O3. The molecule has 0 saturated heterocycles. The van der Waals surface area contributed by atoms with E-state index in [9.17, 15) is 4.79 Å². The van der Waals surface area contributed by atoms with E-state index in [0.717, 1.165) is 18.6 Å². The van der Waals surface area contributed by atoms with Crippen LogP contribution in [0.1, 0.15) is 18.6 Å². The molecule has 1 aliphatic rings. The van der Waals surface area contributed by atoms with Crippen molar-refractivity contribution in [2.75, 3.05) is 19.8 Å². The third-order valence-electron chi connectivity index (χ3n) is 2.70. The highest BCUT2D eigenvalue weighted by Crippen LogP contribution is 2.28. The van der Waals surface area contributed by atoms with Gasteiger partial charge in [-0.2, -0.15) is 0 Å². The van der Waals surface area contributed by atoms with Crippen LogP contribution in [-0.4, -0.2) is 36.6 Å². The lowest BCUT2D eigenvalue weighted by molar-refractivity contribution is -0.137. The van der Waals surface area contributed by atoms with Crippen molar-refractivity contribution in [2.45, 2.75) is 25.4 Å². The number of amides is 1. The van der Waals surface area contributed by atoms with Crippen molar-refractivity contribution < 1.29 is 13.9 Å². The fourth-order valence-electron chi connectivity index (χ4n) is 1.70. The highest BCUT2D eigenvalue weighted by Gasteiger charge is 2.32. The summed E-state index contributed by atoms with van der Waals surface area (Å²) in [5.74, 6) is 0.821. The minimum Gasteiger partial charge on any atom is -0.467 e. The Hall–Kier alpha value is -1.33. The molecule has 0 aliphatic heterocycles. The first-order chi connectivity index (χ1) is 8.31. The summed E-state index contributed by atoms with van der Waals surface area (Å²) in [5, 5.41) is 0. The molecule has 2 N–H and O–H groups in total. The molecule has 1 aromatic rings. The number of nitrogens with two attached hydrogens (primary N) is 1. The van der Waals surface area contributed by atoms with Crippen molar-refractivity contribution in [1.29, 1.82) is 0 Å². The Balaban J connectivity index is 1.86. The smallest absolute Gasteiger partial charge is 0.249 e.